The fraction of sp³-hybridized carbons (Fsp3) is 0.429. The van der Waals surface area contributed by atoms with Crippen LogP contribution in [0.15, 0.2) is 124 Å². The van der Waals surface area contributed by atoms with Gasteiger partial charge in [-0.3, -0.25) is 0 Å². The molecule has 0 saturated carbocycles. The molecule has 16 heteroatoms. The molecule has 0 saturated heterocycles. The Labute approximate surface area is 499 Å². The van der Waals surface area contributed by atoms with Crippen LogP contribution in [0.3, 0.4) is 0 Å². The normalized spacial score (nSPS) is 18.0. The van der Waals surface area contributed by atoms with Crippen molar-refractivity contribution in [2.45, 2.75) is 130 Å². The summed E-state index contributed by atoms with van der Waals surface area (Å²) >= 11 is 32.4. The summed E-state index contributed by atoms with van der Waals surface area (Å²) in [4.78, 5) is 0. The maximum atomic E-state index is 2.41. The summed E-state index contributed by atoms with van der Waals surface area (Å²) in [5.74, 6) is 4.96. The standard InChI is InChI=1S/C56H64S16/c1-5-9-13-21-33-57-49-50(58-34-22-14-10-6-2)62-41(61-49)29-31-43-65-53-54(66-43)70-47(69-53)45-37-25-17-19-27-39(37)46(40-28-20-18-26-38(40)45)48-71-55-56(72-48)68-44(67-55)32-30-42-63-51(59-35-23-15-11-7-3)52(64-42)60-36-24-16-12-8-4/h17-20,25-32H,5-16,21-24,33-36H2,1-4H3. The molecule has 0 N–H and O–H groups in total. The van der Waals surface area contributed by atoms with Crippen LogP contribution in [-0.2, 0) is 0 Å². The van der Waals surface area contributed by atoms with Crippen molar-refractivity contribution in [1.29, 1.82) is 0 Å². The SMILES string of the molecule is CCCCCCSC1=C(SCCCCCC)SC(=CC=C2SC3=C(S2)SC(=c2c4ccccc4c(=C4SC5=C(SC(=CC=C6SC(SCCCCCC)=C(SCCCCCC)S6)S5)S4)c4ccccc24)S3)S1. The molecule has 6 heterocycles. The van der Waals surface area contributed by atoms with Crippen molar-refractivity contribution in [3.63, 3.8) is 0 Å². The second kappa shape index (κ2) is 30.9. The molecule has 0 radical (unpaired) electrons. The van der Waals surface area contributed by atoms with E-state index in [1.54, 1.807) is 16.9 Å². The molecule has 0 unspecified atom stereocenters. The van der Waals surface area contributed by atoms with Crippen molar-refractivity contribution in [2.75, 3.05) is 23.0 Å². The van der Waals surface area contributed by atoms with Crippen molar-refractivity contribution in [3.05, 3.63) is 134 Å². The number of hydrogen-bond acceptors (Lipinski definition) is 16. The second-order valence-electron chi connectivity index (χ2n) is 17.5. The molecule has 0 amide bonds. The van der Waals surface area contributed by atoms with E-state index in [9.17, 15) is 0 Å². The fourth-order valence-electron chi connectivity index (χ4n) is 8.22. The summed E-state index contributed by atoms with van der Waals surface area (Å²) < 4.78 is 20.4. The van der Waals surface area contributed by atoms with Crippen LogP contribution in [-0.4, -0.2) is 23.0 Å². The summed E-state index contributed by atoms with van der Waals surface area (Å²) in [6, 6.07) is 18.5. The third kappa shape index (κ3) is 15.9. The highest BCUT2D eigenvalue weighted by atomic mass is 32.3. The van der Waals surface area contributed by atoms with Gasteiger partial charge in [-0.1, -0.05) is 294 Å². The molecule has 3 aromatic carbocycles. The molecule has 72 heavy (non-hydrogen) atoms. The van der Waals surface area contributed by atoms with Crippen molar-refractivity contribution in [1.82, 2.24) is 0 Å². The summed E-state index contributed by atoms with van der Waals surface area (Å²) in [7, 11) is 0. The predicted molar refractivity (Wildman–Crippen MR) is 365 cm³/mol. The number of unbranched alkanes of at least 4 members (excludes halogenated alkanes) is 12. The van der Waals surface area contributed by atoms with E-state index >= 15 is 0 Å². The lowest BCUT2D eigenvalue weighted by Crippen LogP contribution is -2.16. The van der Waals surface area contributed by atoms with Gasteiger partial charge in [-0.2, -0.15) is 0 Å². The summed E-state index contributed by atoms with van der Waals surface area (Å²) in [5.41, 5.74) is 0. The zero-order valence-corrected chi connectivity index (χ0v) is 54.7. The number of allylic oxidation sites excluding steroid dienone is 4. The van der Waals surface area contributed by atoms with Crippen molar-refractivity contribution < 1.29 is 0 Å². The highest BCUT2D eigenvalue weighted by Gasteiger charge is 2.34. The van der Waals surface area contributed by atoms with E-state index in [0.29, 0.717) is 0 Å². The van der Waals surface area contributed by atoms with E-state index in [0.717, 1.165) is 0 Å². The second-order valence-corrected chi connectivity index (χ2v) is 38.1. The first-order valence-corrected chi connectivity index (χ1v) is 39.4. The molecule has 0 aromatic heterocycles. The zero-order valence-electron chi connectivity index (χ0n) is 41.6. The molecule has 0 nitrogen and oxygen atoms in total. The van der Waals surface area contributed by atoms with Crippen LogP contribution in [0.2, 0.25) is 0 Å². The minimum Gasteiger partial charge on any atom is -0.117 e. The maximum absolute atomic E-state index is 2.41. The number of hydrogen-bond donors (Lipinski definition) is 0. The van der Waals surface area contributed by atoms with Crippen molar-refractivity contribution in [3.8, 4) is 0 Å². The molecule has 0 aliphatic carbocycles. The molecule has 9 rings (SSSR count). The molecule has 3 aromatic rings. The van der Waals surface area contributed by atoms with Crippen LogP contribution in [0.1, 0.15) is 130 Å². The predicted octanol–water partition coefficient (Wildman–Crippen LogP) is 24.1. The Morgan fingerprint density at radius 3 is 0.792 bits per heavy atom. The minimum atomic E-state index is 1.24. The van der Waals surface area contributed by atoms with Crippen LogP contribution < -0.4 is 10.4 Å². The minimum absolute atomic E-state index is 1.24. The fourth-order valence-corrected chi connectivity index (χ4v) is 32.4. The van der Waals surface area contributed by atoms with E-state index in [1.165, 1.54) is 200 Å². The van der Waals surface area contributed by atoms with Gasteiger partial charge in [-0.05, 0) is 94.5 Å². The van der Waals surface area contributed by atoms with E-state index in [1.807, 2.05) is 141 Å². The lowest BCUT2D eigenvalue weighted by atomic mass is 9.99. The van der Waals surface area contributed by atoms with Gasteiger partial charge in [0.1, 0.15) is 0 Å². The van der Waals surface area contributed by atoms with Crippen LogP contribution in [0, 0.1) is 0 Å². The van der Waals surface area contributed by atoms with E-state index in [2.05, 4.69) is 148 Å². The molecule has 6 aliphatic rings. The van der Waals surface area contributed by atoms with E-state index in [4.69, 9.17) is 0 Å². The van der Waals surface area contributed by atoms with Gasteiger partial charge in [0.2, 0.25) is 0 Å². The average molecular weight is 1250 g/mol. The van der Waals surface area contributed by atoms with Gasteiger partial charge in [0.25, 0.3) is 0 Å². The summed E-state index contributed by atoms with van der Waals surface area (Å²) in [6.45, 7) is 9.23. The number of fused-ring (bicyclic) bond motifs is 2. The maximum Gasteiger partial charge on any atom is 0.0717 e. The van der Waals surface area contributed by atoms with E-state index < -0.39 is 0 Å². The van der Waals surface area contributed by atoms with Crippen LogP contribution in [0.25, 0.3) is 30.0 Å². The lowest BCUT2D eigenvalue weighted by molar-refractivity contribution is 0.707. The number of thioether (sulfide) groups is 16. The quantitative estimate of drug-likeness (QED) is 0.0553. The summed E-state index contributed by atoms with van der Waals surface area (Å²) in [5, 5.41) is 8.26. The topological polar surface area (TPSA) is 0 Å². The Morgan fingerprint density at radius 2 is 0.542 bits per heavy atom. The zero-order chi connectivity index (χ0) is 49.5. The third-order valence-electron chi connectivity index (χ3n) is 11.9. The molecular formula is C56H64S16. The van der Waals surface area contributed by atoms with E-state index in [-0.39, 0.29) is 0 Å². The van der Waals surface area contributed by atoms with Crippen LogP contribution in [0.5, 0.6) is 0 Å². The van der Waals surface area contributed by atoms with Gasteiger partial charge in [0, 0.05) is 10.4 Å². The molecule has 6 aliphatic heterocycles. The van der Waals surface area contributed by atoms with Crippen LogP contribution in [0.4, 0.5) is 0 Å². The van der Waals surface area contributed by atoms with Gasteiger partial charge in [0.15, 0.2) is 0 Å². The highest BCUT2D eigenvalue weighted by molar-refractivity contribution is 8.52. The molecule has 0 spiro atoms. The molecular weight excluding hydrogens is 1190 g/mol. The first-order chi connectivity index (χ1) is 35.5. The Bertz CT molecular complexity index is 2470. The summed E-state index contributed by atoms with van der Waals surface area (Å²) in [6.07, 6.45) is 30.9. The number of rotatable bonds is 26. The third-order valence-corrected chi connectivity index (χ3v) is 34.2. The Hall–Kier alpha value is 1.44. The largest absolute Gasteiger partial charge is 0.117 e. The Balaban J connectivity index is 0.870. The highest BCUT2D eigenvalue weighted by Crippen LogP contribution is 2.69. The van der Waals surface area contributed by atoms with Gasteiger partial charge in [-0.25, -0.2) is 0 Å². The smallest absolute Gasteiger partial charge is 0.0717 e. The first-order valence-electron chi connectivity index (χ1n) is 25.7. The van der Waals surface area contributed by atoms with Gasteiger partial charge >= 0.3 is 0 Å². The van der Waals surface area contributed by atoms with Gasteiger partial charge in [0.05, 0.1) is 59.3 Å². The monoisotopic (exact) mass is 1250 g/mol. The molecule has 0 atom stereocenters. The van der Waals surface area contributed by atoms with Crippen molar-refractivity contribution in [2.24, 2.45) is 0 Å². The van der Waals surface area contributed by atoms with Gasteiger partial charge < -0.3 is 0 Å². The van der Waals surface area contributed by atoms with Gasteiger partial charge in [-0.15, -0.1) is 47.0 Å². The molecule has 0 bridgehead atoms. The van der Waals surface area contributed by atoms with Crippen molar-refractivity contribution >= 4 is 218 Å². The first kappa shape index (κ1) is 58.1. The molecule has 384 valence electrons. The Kier molecular flexibility index (Phi) is 24.9. The lowest BCUT2D eigenvalue weighted by Gasteiger charge is -2.12. The van der Waals surface area contributed by atoms with Crippen LogP contribution >= 0.6 is 188 Å². The molecule has 0 fully saturated rings. The average Bonchev–Trinajstić information content (AvgIpc) is 4.26. The number of benzene rings is 3. The Morgan fingerprint density at radius 1 is 0.292 bits per heavy atom.